The first-order valence-corrected chi connectivity index (χ1v) is 29.4. The maximum absolute atomic E-state index is 7.77. The molecule has 3 aliphatic rings. The molecule has 0 spiro atoms. The molecule has 12 heteroatoms. The van der Waals surface area contributed by atoms with Crippen LogP contribution in [0, 0.1) is 6.57 Å². The molecule has 0 amide bonds. The third-order valence-electron chi connectivity index (χ3n) is 14.7. The first-order chi connectivity index (χ1) is 36.8. The highest BCUT2D eigenvalue weighted by Gasteiger charge is 2.51. The van der Waals surface area contributed by atoms with Crippen molar-refractivity contribution < 1.29 is 41.7 Å². The second-order valence-corrected chi connectivity index (χ2v) is 27.4. The summed E-state index contributed by atoms with van der Waals surface area (Å²) in [7, 11) is 0.153. The Kier molecular flexibility index (Phi) is 15.6. The van der Waals surface area contributed by atoms with Crippen molar-refractivity contribution in [3.05, 3.63) is 148 Å². The van der Waals surface area contributed by atoms with Gasteiger partial charge in [-0.15, -0.1) is 0 Å². The van der Waals surface area contributed by atoms with Crippen molar-refractivity contribution in [3.8, 4) is 45.3 Å². The van der Waals surface area contributed by atoms with Gasteiger partial charge in [0.25, 0.3) is 0 Å². The van der Waals surface area contributed by atoms with Crippen LogP contribution < -0.4 is 23.8 Å². The molecule has 6 aromatic rings. The van der Waals surface area contributed by atoms with Gasteiger partial charge in [0, 0.05) is 52.3 Å². The first-order valence-electron chi connectivity index (χ1n) is 27.4. The highest BCUT2D eigenvalue weighted by molar-refractivity contribution is 6.61. The molecule has 0 radical (unpaired) electrons. The van der Waals surface area contributed by atoms with E-state index in [1.165, 1.54) is 11.1 Å². The smallest absolute Gasteiger partial charge is 0.493 e. The fourth-order valence-electron chi connectivity index (χ4n) is 11.4. The van der Waals surface area contributed by atoms with E-state index < -0.39 is 42.2 Å². The number of hydrogen-bond donors (Lipinski definition) is 0. The van der Waals surface area contributed by atoms with Crippen molar-refractivity contribution in [2.24, 2.45) is 0 Å². The molecule has 2 heterocycles. The Morgan fingerprint density at radius 2 is 1.23 bits per heavy atom. The van der Waals surface area contributed by atoms with E-state index >= 15 is 0 Å². The number of fused-ring (bicyclic) bond motifs is 8. The lowest BCUT2D eigenvalue weighted by atomic mass is 9.76. The molecule has 1 atom stereocenters. The van der Waals surface area contributed by atoms with Crippen molar-refractivity contribution in [2.45, 2.75) is 136 Å². The molecule has 0 aromatic heterocycles. The zero-order valence-electron chi connectivity index (χ0n) is 48.7. The third kappa shape index (κ3) is 11.9. The molecular formula is C66H80N2O9Si. The van der Waals surface area contributed by atoms with Crippen molar-refractivity contribution >= 4 is 37.0 Å². The van der Waals surface area contributed by atoms with Crippen molar-refractivity contribution in [1.82, 2.24) is 0 Å². The minimum absolute atomic E-state index is 0.356. The standard InChI is InChI=1S/C66H80N2O9Si/c1-61(2,3)75-78(76-62(4,5)6,77-63(7,8)9)40-33-64(10,11)73-39-38-72-50-28-22-47(23-29-50)66(46-20-26-49(27-21-46)68-34-36-71-37-35-68)32-31-52-59-58(53-42-56(69-15)57(70-16)43-54(53)60(52)74-66)51-30-19-45(41-55(51)65(59,12)13)44-17-24-48(67-14)25-18-44/h17-32,41-43H,33-40H2,1-13,15-16H3. The summed E-state index contributed by atoms with van der Waals surface area (Å²) >= 11 is 0. The van der Waals surface area contributed by atoms with Crippen molar-refractivity contribution in [3.63, 3.8) is 0 Å². The lowest BCUT2D eigenvalue weighted by Gasteiger charge is -2.44. The predicted octanol–water partition coefficient (Wildman–Crippen LogP) is 15.5. The molecule has 0 N–H and O–H groups in total. The number of nitrogens with zero attached hydrogens (tertiary/aromatic N) is 2. The Morgan fingerprint density at radius 3 is 1.79 bits per heavy atom. The quantitative estimate of drug-likeness (QED) is 0.0500. The number of morpholine rings is 1. The van der Waals surface area contributed by atoms with Crippen LogP contribution >= 0.6 is 0 Å². The Hall–Kier alpha value is -6.17. The summed E-state index contributed by atoms with van der Waals surface area (Å²) in [6.45, 7) is 38.6. The zero-order chi connectivity index (χ0) is 56.1. The number of benzene rings is 6. The summed E-state index contributed by atoms with van der Waals surface area (Å²) in [5.74, 6) is 2.74. The van der Waals surface area contributed by atoms with Crippen molar-refractivity contribution in [2.75, 3.05) is 58.6 Å². The minimum Gasteiger partial charge on any atom is -0.493 e. The Bertz CT molecular complexity index is 3160. The molecule has 9 rings (SSSR count). The summed E-state index contributed by atoms with van der Waals surface area (Å²) in [5.41, 5.74) is 8.23. The minimum atomic E-state index is -3.21. The van der Waals surface area contributed by atoms with Gasteiger partial charge in [-0.05, 0) is 170 Å². The number of ether oxygens (including phenoxy) is 6. The summed E-state index contributed by atoms with van der Waals surface area (Å²) in [6.07, 6.45) is 5.17. The van der Waals surface area contributed by atoms with Crippen LogP contribution in [-0.2, 0) is 33.8 Å². The van der Waals surface area contributed by atoms with Gasteiger partial charge in [-0.25, -0.2) is 4.85 Å². The van der Waals surface area contributed by atoms with Gasteiger partial charge in [-0.2, -0.15) is 0 Å². The van der Waals surface area contributed by atoms with Gasteiger partial charge in [-0.3, -0.25) is 0 Å². The largest absolute Gasteiger partial charge is 0.502 e. The average Bonchev–Trinajstić information content (AvgIpc) is 3.87. The summed E-state index contributed by atoms with van der Waals surface area (Å²) < 4.78 is 58.8. The van der Waals surface area contributed by atoms with Gasteiger partial charge in [0.1, 0.15) is 18.1 Å². The summed E-state index contributed by atoms with van der Waals surface area (Å²) in [6, 6.07) is 36.4. The highest BCUT2D eigenvalue weighted by atomic mass is 28.4. The highest BCUT2D eigenvalue weighted by Crippen LogP contribution is 2.60. The van der Waals surface area contributed by atoms with E-state index in [9.17, 15) is 0 Å². The molecule has 1 saturated heterocycles. The van der Waals surface area contributed by atoms with Crippen LogP contribution in [0.25, 0.3) is 43.9 Å². The third-order valence-corrected chi connectivity index (χ3v) is 18.3. The van der Waals surface area contributed by atoms with Gasteiger partial charge in [-0.1, -0.05) is 80.6 Å². The SMILES string of the molecule is [C-]#[N+]c1ccc(-c2ccc3c(c2)C(C)(C)c2c4c(c5cc(OC)c(OC)cc5c2-3)OC(c2ccc(OCCOC(C)(C)CC[Si](OC(C)(C)C)(OC(C)(C)C)OC(C)(C)C)cc2)(c2ccc(N3CCOCC3)cc2)C=C4)cc1. The normalized spacial score (nSPS) is 17.2. The van der Waals surface area contributed by atoms with Crippen LogP contribution in [-0.4, -0.2) is 84.9 Å². The van der Waals surface area contributed by atoms with Crippen LogP contribution in [0.2, 0.25) is 6.04 Å². The molecule has 1 fully saturated rings. The van der Waals surface area contributed by atoms with E-state index in [4.69, 9.17) is 48.3 Å². The number of anilines is 1. The number of rotatable bonds is 17. The maximum atomic E-state index is 7.77. The summed E-state index contributed by atoms with van der Waals surface area (Å²) in [5, 5.41) is 1.93. The van der Waals surface area contributed by atoms with Crippen LogP contribution in [0.5, 0.6) is 23.0 Å². The molecule has 2 aliphatic heterocycles. The van der Waals surface area contributed by atoms with Gasteiger partial charge in [0.15, 0.2) is 22.8 Å². The van der Waals surface area contributed by atoms with E-state index in [-0.39, 0.29) is 0 Å². The molecular weight excluding hydrogens is 993 g/mol. The molecule has 78 heavy (non-hydrogen) atoms. The van der Waals surface area contributed by atoms with Crippen LogP contribution in [0.4, 0.5) is 11.4 Å². The number of hydrogen-bond acceptors (Lipinski definition) is 10. The van der Waals surface area contributed by atoms with E-state index in [1.807, 2.05) is 36.4 Å². The molecule has 1 unspecified atom stereocenters. The molecule has 6 aromatic carbocycles. The first kappa shape index (κ1) is 56.5. The molecule has 412 valence electrons. The van der Waals surface area contributed by atoms with Gasteiger partial charge in [0.05, 0.1) is 63.0 Å². The topological polar surface area (TPSA) is 90.7 Å². The Morgan fingerprint density at radius 1 is 0.667 bits per heavy atom. The Balaban J connectivity index is 1.04. The second-order valence-electron chi connectivity index (χ2n) is 24.9. The molecule has 1 aliphatic carbocycles. The average molecular weight is 1070 g/mol. The second kappa shape index (κ2) is 21.5. The van der Waals surface area contributed by atoms with E-state index in [1.54, 1.807) is 14.2 Å². The van der Waals surface area contributed by atoms with E-state index in [2.05, 4.69) is 179 Å². The van der Waals surface area contributed by atoms with Crippen LogP contribution in [0.1, 0.15) is 124 Å². The maximum Gasteiger partial charge on any atom is 0.502 e. The molecule has 11 nitrogen and oxygen atoms in total. The summed E-state index contributed by atoms with van der Waals surface area (Å²) in [4.78, 5) is 5.99. The fourth-order valence-corrected chi connectivity index (χ4v) is 15.5. The van der Waals surface area contributed by atoms with E-state index in [0.717, 1.165) is 80.0 Å². The molecule has 0 saturated carbocycles. The van der Waals surface area contributed by atoms with Gasteiger partial charge >= 0.3 is 8.80 Å². The lowest BCUT2D eigenvalue weighted by molar-refractivity contribution is -0.0823. The Labute approximate surface area is 464 Å². The fraction of sp³-hybridized carbons (Fsp3) is 0.439. The van der Waals surface area contributed by atoms with Gasteiger partial charge in [0.2, 0.25) is 0 Å². The van der Waals surface area contributed by atoms with Gasteiger partial charge < -0.3 is 46.6 Å². The van der Waals surface area contributed by atoms with Crippen molar-refractivity contribution in [1.29, 1.82) is 0 Å². The van der Waals surface area contributed by atoms with Crippen LogP contribution in [0.3, 0.4) is 0 Å². The van der Waals surface area contributed by atoms with E-state index in [0.29, 0.717) is 56.1 Å². The monoisotopic (exact) mass is 1070 g/mol. The molecule has 0 bridgehead atoms. The lowest BCUT2D eigenvalue weighted by Crippen LogP contribution is -2.57. The number of methoxy groups -OCH3 is 2. The predicted molar refractivity (Wildman–Crippen MR) is 316 cm³/mol. The zero-order valence-corrected chi connectivity index (χ0v) is 49.7. The van der Waals surface area contributed by atoms with Crippen LogP contribution in [0.15, 0.2) is 109 Å².